The molecule has 1 amide bonds. The van der Waals surface area contributed by atoms with Crippen LogP contribution in [-0.4, -0.2) is 37.2 Å². The molecular formula is C19H22FN5O2. The maximum absolute atomic E-state index is 13.1. The molecule has 0 N–H and O–H groups in total. The normalized spacial score (nSPS) is 12.3. The van der Waals surface area contributed by atoms with Crippen molar-refractivity contribution in [3.05, 3.63) is 58.5 Å². The highest BCUT2D eigenvalue weighted by molar-refractivity contribution is 5.76. The van der Waals surface area contributed by atoms with E-state index in [1.54, 1.807) is 31.1 Å². The van der Waals surface area contributed by atoms with Gasteiger partial charge >= 0.3 is 0 Å². The molecular weight excluding hydrogens is 349 g/mol. The molecule has 8 heteroatoms. The summed E-state index contributed by atoms with van der Waals surface area (Å²) in [6, 6.07) is 6.03. The smallest absolute Gasteiger partial charge is 0.264 e. The van der Waals surface area contributed by atoms with E-state index < -0.39 is 0 Å². The number of nitrogens with zero attached hydrogens (tertiary/aromatic N) is 5. The monoisotopic (exact) mass is 371 g/mol. The largest absolute Gasteiger partial charge is 0.339 e. The molecule has 2 heterocycles. The van der Waals surface area contributed by atoms with Crippen LogP contribution in [0.3, 0.4) is 0 Å². The Morgan fingerprint density at radius 3 is 2.67 bits per heavy atom. The van der Waals surface area contributed by atoms with Gasteiger partial charge in [-0.3, -0.25) is 18.8 Å². The van der Waals surface area contributed by atoms with Crippen molar-refractivity contribution < 1.29 is 9.18 Å². The first-order valence-electron chi connectivity index (χ1n) is 8.80. The van der Waals surface area contributed by atoms with Crippen LogP contribution < -0.4 is 5.56 Å². The SMILES string of the molecule is CC[C@H](c1ccc(F)cc1)N(C)C(=O)CCn1cnc2c(cnn2C)c1=O. The van der Waals surface area contributed by atoms with Gasteiger partial charge < -0.3 is 4.90 Å². The second-order valence-electron chi connectivity index (χ2n) is 6.48. The molecule has 0 radical (unpaired) electrons. The Balaban J connectivity index is 1.72. The Labute approximate surface area is 156 Å². The van der Waals surface area contributed by atoms with E-state index >= 15 is 0 Å². The molecule has 27 heavy (non-hydrogen) atoms. The lowest BCUT2D eigenvalue weighted by Gasteiger charge is -2.28. The topological polar surface area (TPSA) is 73.0 Å². The molecule has 0 fully saturated rings. The molecule has 0 aliphatic rings. The van der Waals surface area contributed by atoms with Crippen LogP contribution >= 0.6 is 0 Å². The van der Waals surface area contributed by atoms with E-state index in [1.807, 2.05) is 6.92 Å². The van der Waals surface area contributed by atoms with Crippen molar-refractivity contribution in [1.29, 1.82) is 0 Å². The Hall–Kier alpha value is -3.03. The van der Waals surface area contributed by atoms with Gasteiger partial charge in [0.2, 0.25) is 5.91 Å². The first-order valence-corrected chi connectivity index (χ1v) is 8.80. The third-order valence-electron chi connectivity index (χ3n) is 4.79. The number of hydrogen-bond donors (Lipinski definition) is 0. The van der Waals surface area contributed by atoms with Crippen LogP contribution in [0.1, 0.15) is 31.4 Å². The summed E-state index contributed by atoms with van der Waals surface area (Å²) in [6.45, 7) is 2.21. The average molecular weight is 371 g/mol. The van der Waals surface area contributed by atoms with E-state index in [9.17, 15) is 14.0 Å². The summed E-state index contributed by atoms with van der Waals surface area (Å²) in [5, 5.41) is 4.46. The minimum atomic E-state index is -0.305. The van der Waals surface area contributed by atoms with Crippen LogP contribution in [0.15, 0.2) is 41.6 Å². The second-order valence-corrected chi connectivity index (χ2v) is 6.48. The number of aryl methyl sites for hydroxylation is 2. The van der Waals surface area contributed by atoms with Crippen molar-refractivity contribution in [2.24, 2.45) is 7.05 Å². The van der Waals surface area contributed by atoms with Gasteiger partial charge in [0.05, 0.1) is 18.6 Å². The van der Waals surface area contributed by atoms with Gasteiger partial charge in [0.25, 0.3) is 5.56 Å². The van der Waals surface area contributed by atoms with Gasteiger partial charge in [-0.25, -0.2) is 9.37 Å². The zero-order valence-corrected chi connectivity index (χ0v) is 15.6. The molecule has 0 saturated carbocycles. The lowest BCUT2D eigenvalue weighted by molar-refractivity contribution is -0.132. The van der Waals surface area contributed by atoms with E-state index in [-0.39, 0.29) is 36.3 Å². The standard InChI is InChI=1S/C19H22FN5O2/c1-4-16(13-5-7-14(20)8-6-13)23(2)17(26)9-10-25-12-21-18-15(19(25)27)11-22-24(18)3/h5-8,11-12,16H,4,9-10H2,1-3H3/t16-/m1/s1. The fourth-order valence-corrected chi connectivity index (χ4v) is 3.21. The highest BCUT2D eigenvalue weighted by Gasteiger charge is 2.20. The van der Waals surface area contributed by atoms with Crippen molar-refractivity contribution >= 4 is 16.9 Å². The van der Waals surface area contributed by atoms with Crippen LogP contribution in [0.2, 0.25) is 0 Å². The number of halogens is 1. The number of benzene rings is 1. The molecule has 0 saturated heterocycles. The molecule has 1 atom stereocenters. The van der Waals surface area contributed by atoms with E-state index in [4.69, 9.17) is 0 Å². The lowest BCUT2D eigenvalue weighted by atomic mass is 10.0. The first kappa shape index (κ1) is 18.8. The van der Waals surface area contributed by atoms with Crippen LogP contribution in [-0.2, 0) is 18.4 Å². The van der Waals surface area contributed by atoms with Gasteiger partial charge in [-0.2, -0.15) is 5.10 Å². The highest BCUT2D eigenvalue weighted by Crippen LogP contribution is 2.23. The van der Waals surface area contributed by atoms with E-state index in [2.05, 4.69) is 10.1 Å². The summed E-state index contributed by atoms with van der Waals surface area (Å²) in [5.74, 6) is -0.399. The van der Waals surface area contributed by atoms with Crippen molar-refractivity contribution in [1.82, 2.24) is 24.2 Å². The van der Waals surface area contributed by atoms with Crippen molar-refractivity contribution in [2.45, 2.75) is 32.4 Å². The molecule has 7 nitrogen and oxygen atoms in total. The lowest BCUT2D eigenvalue weighted by Crippen LogP contribution is -2.32. The van der Waals surface area contributed by atoms with E-state index in [0.29, 0.717) is 17.5 Å². The maximum atomic E-state index is 13.1. The minimum Gasteiger partial charge on any atom is -0.339 e. The second kappa shape index (κ2) is 7.69. The van der Waals surface area contributed by atoms with Crippen LogP contribution in [0.4, 0.5) is 4.39 Å². The number of hydrogen-bond acceptors (Lipinski definition) is 4. The maximum Gasteiger partial charge on any atom is 0.264 e. The predicted molar refractivity (Wildman–Crippen MR) is 99.6 cm³/mol. The van der Waals surface area contributed by atoms with Gasteiger partial charge in [-0.05, 0) is 24.1 Å². The summed E-state index contributed by atoms with van der Waals surface area (Å²) in [4.78, 5) is 31.0. The average Bonchev–Trinajstić information content (AvgIpc) is 3.04. The van der Waals surface area contributed by atoms with Gasteiger partial charge in [-0.15, -0.1) is 0 Å². The molecule has 1 aromatic carbocycles. The molecule has 0 unspecified atom stereocenters. The molecule has 2 aromatic heterocycles. The van der Waals surface area contributed by atoms with Crippen LogP contribution in [0, 0.1) is 5.82 Å². The summed E-state index contributed by atoms with van der Waals surface area (Å²) < 4.78 is 16.1. The molecule has 142 valence electrons. The zero-order valence-electron chi connectivity index (χ0n) is 15.6. The fourth-order valence-electron chi connectivity index (χ4n) is 3.21. The van der Waals surface area contributed by atoms with Gasteiger partial charge in [0, 0.05) is 27.1 Å². The highest BCUT2D eigenvalue weighted by atomic mass is 19.1. The summed E-state index contributed by atoms with van der Waals surface area (Å²) in [6.07, 6.45) is 3.80. The van der Waals surface area contributed by atoms with Crippen molar-refractivity contribution in [3.63, 3.8) is 0 Å². The number of carbonyl (C=O) groups is 1. The van der Waals surface area contributed by atoms with E-state index in [1.165, 1.54) is 33.9 Å². The predicted octanol–water partition coefficient (Wildman–Crippen LogP) is 2.27. The van der Waals surface area contributed by atoms with Crippen molar-refractivity contribution in [2.75, 3.05) is 7.05 Å². The number of fused-ring (bicyclic) bond motifs is 1. The molecule has 0 aliphatic carbocycles. The van der Waals surface area contributed by atoms with Crippen LogP contribution in [0.25, 0.3) is 11.0 Å². The zero-order chi connectivity index (χ0) is 19.6. The van der Waals surface area contributed by atoms with Crippen LogP contribution in [0.5, 0.6) is 0 Å². The third-order valence-corrected chi connectivity index (χ3v) is 4.79. The Bertz CT molecular complexity index is 1010. The van der Waals surface area contributed by atoms with Gasteiger partial charge in [0.1, 0.15) is 11.2 Å². The molecule has 0 bridgehead atoms. The molecule has 0 aliphatic heterocycles. The minimum absolute atomic E-state index is 0.0932. The van der Waals surface area contributed by atoms with E-state index in [0.717, 1.165) is 5.56 Å². The molecule has 0 spiro atoms. The first-order chi connectivity index (χ1) is 12.9. The summed E-state index contributed by atoms with van der Waals surface area (Å²) >= 11 is 0. The Morgan fingerprint density at radius 1 is 1.30 bits per heavy atom. The summed E-state index contributed by atoms with van der Waals surface area (Å²) in [7, 11) is 3.45. The third kappa shape index (κ3) is 3.74. The number of amides is 1. The molecule has 3 aromatic rings. The summed E-state index contributed by atoms with van der Waals surface area (Å²) in [5.41, 5.74) is 1.18. The fraction of sp³-hybridized carbons (Fsp3) is 0.368. The number of carbonyl (C=O) groups excluding carboxylic acids is 1. The van der Waals surface area contributed by atoms with Gasteiger partial charge in [0.15, 0.2) is 5.65 Å². The number of rotatable bonds is 6. The molecule has 3 rings (SSSR count). The van der Waals surface area contributed by atoms with Crippen molar-refractivity contribution in [3.8, 4) is 0 Å². The Morgan fingerprint density at radius 2 is 2.00 bits per heavy atom. The number of aromatic nitrogens is 4. The van der Waals surface area contributed by atoms with Gasteiger partial charge in [-0.1, -0.05) is 19.1 Å². The Kier molecular flexibility index (Phi) is 5.34. The quantitative estimate of drug-likeness (QED) is 0.666.